The van der Waals surface area contributed by atoms with Gasteiger partial charge in [0, 0.05) is 12.6 Å². The number of rotatable bonds is 8. The van der Waals surface area contributed by atoms with Crippen LogP contribution in [-0.2, 0) is 14.4 Å². The number of hydrogen-bond acceptors (Lipinski definition) is 3. The van der Waals surface area contributed by atoms with E-state index >= 15 is 0 Å². The van der Waals surface area contributed by atoms with Crippen molar-refractivity contribution in [2.45, 2.75) is 33.2 Å². The second kappa shape index (κ2) is 8.29. The molecule has 0 radical (unpaired) electrons. The van der Waals surface area contributed by atoms with E-state index in [1.807, 2.05) is 13.8 Å². The zero-order valence-electron chi connectivity index (χ0n) is 11.8. The smallest absolute Gasteiger partial charge is 0.331 e. The summed E-state index contributed by atoms with van der Waals surface area (Å²) in [7, 11) is 1.61. The summed E-state index contributed by atoms with van der Waals surface area (Å²) in [5, 5.41) is 11.2. The van der Waals surface area contributed by atoms with Crippen LogP contribution in [0.3, 0.4) is 0 Å². The van der Waals surface area contributed by atoms with Crippen LogP contribution < -0.4 is 5.32 Å². The topological polar surface area (TPSA) is 86.7 Å². The summed E-state index contributed by atoms with van der Waals surface area (Å²) in [6.07, 6.45) is 2.85. The van der Waals surface area contributed by atoms with Crippen LogP contribution in [0.4, 0.5) is 0 Å². The van der Waals surface area contributed by atoms with Crippen molar-refractivity contribution < 1.29 is 19.5 Å². The Hall–Kier alpha value is -1.85. The molecule has 0 saturated carbocycles. The van der Waals surface area contributed by atoms with Crippen LogP contribution in [-0.4, -0.2) is 47.9 Å². The number of carbonyl (C=O) groups is 3. The second-order valence-corrected chi connectivity index (χ2v) is 4.53. The molecule has 0 fully saturated rings. The Balaban J connectivity index is 5.04. The number of hydrogen-bond donors (Lipinski definition) is 2. The fourth-order valence-electron chi connectivity index (χ4n) is 1.65. The molecule has 0 saturated heterocycles. The molecule has 0 bridgehead atoms. The number of carboxylic acid groups (broad SMARTS) is 1. The highest BCUT2D eigenvalue weighted by atomic mass is 16.4. The lowest BCUT2D eigenvalue weighted by Crippen LogP contribution is -2.44. The summed E-state index contributed by atoms with van der Waals surface area (Å²) < 4.78 is 0. The van der Waals surface area contributed by atoms with Crippen LogP contribution in [0.5, 0.6) is 0 Å². The summed E-state index contributed by atoms with van der Waals surface area (Å²) in [6, 6.07) is -0.304. The Bertz CT molecular complexity index is 366. The lowest BCUT2D eigenvalue weighted by Gasteiger charge is -2.30. The third kappa shape index (κ3) is 5.54. The molecule has 108 valence electrons. The molecule has 2 amide bonds. The molecule has 0 heterocycles. The molecule has 0 spiro atoms. The van der Waals surface area contributed by atoms with E-state index in [-0.39, 0.29) is 30.0 Å². The van der Waals surface area contributed by atoms with Crippen molar-refractivity contribution in [2.24, 2.45) is 5.92 Å². The zero-order valence-corrected chi connectivity index (χ0v) is 11.8. The van der Waals surface area contributed by atoms with Gasteiger partial charge in [-0.25, -0.2) is 4.79 Å². The fraction of sp³-hybridized carbons (Fsp3) is 0.615. The highest BCUT2D eigenvalue weighted by Crippen LogP contribution is 2.16. The van der Waals surface area contributed by atoms with Crippen molar-refractivity contribution in [1.82, 2.24) is 10.2 Å². The number of carbonyl (C=O) groups excluding carboxylic acids is 2. The Morgan fingerprint density at radius 1 is 1.42 bits per heavy atom. The number of carboxylic acids is 1. The predicted octanol–water partition coefficient (Wildman–Crippen LogP) is 0.636. The SMILES string of the molecule is CC[C@H](C)[C@@H](/C=C(\C)C(=O)O)N(C)C(=O)CNC=O. The van der Waals surface area contributed by atoms with Gasteiger partial charge in [0.25, 0.3) is 0 Å². The van der Waals surface area contributed by atoms with Crippen LogP contribution in [0.1, 0.15) is 27.2 Å². The van der Waals surface area contributed by atoms with E-state index in [0.717, 1.165) is 6.42 Å². The molecule has 6 heteroatoms. The molecule has 0 unspecified atom stereocenters. The van der Waals surface area contributed by atoms with Gasteiger partial charge in [-0.15, -0.1) is 0 Å². The monoisotopic (exact) mass is 270 g/mol. The molecule has 0 aromatic rings. The first-order chi connectivity index (χ1) is 8.84. The maximum absolute atomic E-state index is 11.8. The van der Waals surface area contributed by atoms with E-state index in [2.05, 4.69) is 5.32 Å². The molecule has 2 atom stereocenters. The van der Waals surface area contributed by atoms with Gasteiger partial charge in [0.15, 0.2) is 0 Å². The average Bonchev–Trinajstić information content (AvgIpc) is 2.39. The van der Waals surface area contributed by atoms with E-state index in [1.54, 1.807) is 13.1 Å². The molecule has 0 aromatic carbocycles. The van der Waals surface area contributed by atoms with Gasteiger partial charge in [-0.05, 0) is 12.8 Å². The molecule has 0 aliphatic carbocycles. The van der Waals surface area contributed by atoms with Crippen LogP contribution >= 0.6 is 0 Å². The Kier molecular flexibility index (Phi) is 7.48. The summed E-state index contributed by atoms with van der Waals surface area (Å²) in [5.74, 6) is -1.13. The first kappa shape index (κ1) is 17.2. The van der Waals surface area contributed by atoms with Gasteiger partial charge in [-0.1, -0.05) is 26.3 Å². The first-order valence-electron chi connectivity index (χ1n) is 6.19. The molecule has 0 aliphatic rings. The minimum Gasteiger partial charge on any atom is -0.478 e. The fourth-order valence-corrected chi connectivity index (χ4v) is 1.65. The molecule has 0 aliphatic heterocycles. The van der Waals surface area contributed by atoms with Gasteiger partial charge in [0.05, 0.1) is 12.6 Å². The number of nitrogens with zero attached hydrogens (tertiary/aromatic N) is 1. The van der Waals surface area contributed by atoms with Crippen molar-refractivity contribution >= 4 is 18.3 Å². The maximum atomic E-state index is 11.8. The van der Waals surface area contributed by atoms with E-state index in [9.17, 15) is 14.4 Å². The zero-order chi connectivity index (χ0) is 15.0. The van der Waals surface area contributed by atoms with Crippen molar-refractivity contribution in [3.8, 4) is 0 Å². The minimum absolute atomic E-state index is 0.0904. The number of aliphatic carboxylic acids is 1. The van der Waals surface area contributed by atoms with Gasteiger partial charge in [0.2, 0.25) is 12.3 Å². The molecular weight excluding hydrogens is 248 g/mol. The largest absolute Gasteiger partial charge is 0.478 e. The number of nitrogens with one attached hydrogen (secondary N) is 1. The minimum atomic E-state index is -1.000. The number of likely N-dealkylation sites (N-methyl/N-ethyl adjacent to an activating group) is 1. The molecule has 0 rings (SSSR count). The van der Waals surface area contributed by atoms with Gasteiger partial charge in [0.1, 0.15) is 0 Å². The Morgan fingerprint density at radius 3 is 2.42 bits per heavy atom. The van der Waals surface area contributed by atoms with E-state index in [1.165, 1.54) is 11.8 Å². The lowest BCUT2D eigenvalue weighted by molar-refractivity contribution is -0.133. The summed E-state index contributed by atoms with van der Waals surface area (Å²) >= 11 is 0. The first-order valence-corrected chi connectivity index (χ1v) is 6.19. The summed E-state index contributed by atoms with van der Waals surface area (Å²) in [5.41, 5.74) is 0.202. The third-order valence-corrected chi connectivity index (χ3v) is 3.16. The maximum Gasteiger partial charge on any atom is 0.331 e. The van der Waals surface area contributed by atoms with E-state index in [4.69, 9.17) is 5.11 Å². The average molecular weight is 270 g/mol. The standard InChI is InChI=1S/C13H22N2O4/c1-5-9(2)11(6-10(3)13(18)19)15(4)12(17)7-14-8-16/h6,8-9,11H,5,7H2,1-4H3,(H,14,16)(H,18,19)/b10-6+/t9-,11+/m0/s1. The normalized spacial score (nSPS) is 14.4. The van der Waals surface area contributed by atoms with Crippen molar-refractivity contribution in [3.05, 3.63) is 11.6 Å². The van der Waals surface area contributed by atoms with E-state index < -0.39 is 5.97 Å². The lowest BCUT2D eigenvalue weighted by atomic mass is 9.95. The molecule has 0 aromatic heterocycles. The Morgan fingerprint density at radius 2 is 2.00 bits per heavy atom. The summed E-state index contributed by atoms with van der Waals surface area (Å²) in [4.78, 5) is 34.4. The van der Waals surface area contributed by atoms with Crippen molar-refractivity contribution in [3.63, 3.8) is 0 Å². The number of amides is 2. The van der Waals surface area contributed by atoms with Gasteiger partial charge in [-0.2, -0.15) is 0 Å². The highest BCUT2D eigenvalue weighted by molar-refractivity contribution is 5.86. The molecule has 2 N–H and O–H groups in total. The highest BCUT2D eigenvalue weighted by Gasteiger charge is 2.23. The third-order valence-electron chi connectivity index (χ3n) is 3.16. The molecule has 6 nitrogen and oxygen atoms in total. The van der Waals surface area contributed by atoms with Crippen LogP contribution in [0, 0.1) is 5.92 Å². The predicted molar refractivity (Wildman–Crippen MR) is 71.5 cm³/mol. The van der Waals surface area contributed by atoms with Crippen LogP contribution in [0.25, 0.3) is 0 Å². The van der Waals surface area contributed by atoms with Gasteiger partial charge in [-0.3, -0.25) is 9.59 Å². The van der Waals surface area contributed by atoms with Crippen molar-refractivity contribution in [1.29, 1.82) is 0 Å². The van der Waals surface area contributed by atoms with E-state index in [0.29, 0.717) is 6.41 Å². The summed E-state index contributed by atoms with van der Waals surface area (Å²) in [6.45, 7) is 5.34. The molecule has 19 heavy (non-hydrogen) atoms. The molecular formula is C13H22N2O4. The van der Waals surface area contributed by atoms with Gasteiger partial charge < -0.3 is 15.3 Å². The second-order valence-electron chi connectivity index (χ2n) is 4.53. The van der Waals surface area contributed by atoms with Crippen LogP contribution in [0.2, 0.25) is 0 Å². The van der Waals surface area contributed by atoms with Crippen LogP contribution in [0.15, 0.2) is 11.6 Å². The van der Waals surface area contributed by atoms with Gasteiger partial charge >= 0.3 is 5.97 Å². The quantitative estimate of drug-likeness (QED) is 0.500. The Labute approximate surface area is 113 Å². The van der Waals surface area contributed by atoms with Crippen molar-refractivity contribution in [2.75, 3.05) is 13.6 Å².